The Balaban J connectivity index is 0.000000170. The van der Waals surface area contributed by atoms with Crippen molar-refractivity contribution < 1.29 is 65.6 Å². The zero-order valence-corrected chi connectivity index (χ0v) is 41.8. The van der Waals surface area contributed by atoms with Gasteiger partial charge < -0.3 is 43.3 Å². The van der Waals surface area contributed by atoms with E-state index >= 15 is 0 Å². The van der Waals surface area contributed by atoms with E-state index in [-0.39, 0.29) is 58.2 Å². The Hall–Kier alpha value is -0.940. The number of fused-ring (bicyclic) bond motifs is 4. The molecular weight excluding hydrogens is 986 g/mol. The average Bonchev–Trinajstić information content (AvgIpc) is 3.70. The second kappa shape index (κ2) is 20.0. The van der Waals surface area contributed by atoms with Crippen LogP contribution in [0, 0.1) is 60.7 Å². The third-order valence-electron chi connectivity index (χ3n) is 17.1. The summed E-state index contributed by atoms with van der Waals surface area (Å²) in [6.07, 6.45) is 24.4. The van der Waals surface area contributed by atoms with Gasteiger partial charge >= 0.3 is 22.4 Å². The van der Waals surface area contributed by atoms with Crippen LogP contribution in [0.25, 0.3) is 0 Å². The predicted octanol–water partition coefficient (Wildman–Crippen LogP) is 8.89. The van der Waals surface area contributed by atoms with Gasteiger partial charge in [0.25, 0.3) is 0 Å². The van der Waals surface area contributed by atoms with E-state index in [4.69, 9.17) is 43.2 Å². The van der Waals surface area contributed by atoms with Crippen LogP contribution < -0.4 is 0 Å². The molecule has 4 bridgehead atoms. The van der Waals surface area contributed by atoms with Gasteiger partial charge in [0, 0.05) is 49.7 Å². The van der Waals surface area contributed by atoms with Crippen molar-refractivity contribution in [3.05, 3.63) is 38.1 Å². The van der Waals surface area contributed by atoms with E-state index in [1.807, 2.05) is 6.92 Å². The van der Waals surface area contributed by atoms with Crippen LogP contribution in [0.2, 0.25) is 0 Å². The molecule has 9 aliphatic heterocycles. The molecule has 63 heavy (non-hydrogen) atoms. The largest absolute Gasteiger partial charge is 3.00 e. The van der Waals surface area contributed by atoms with Crippen molar-refractivity contribution >= 4 is 0 Å². The van der Waals surface area contributed by atoms with Crippen LogP contribution in [0.5, 0.6) is 0 Å². The molecule has 10 fully saturated rings. The zero-order valence-electron chi connectivity index (χ0n) is 39.6. The molecule has 12 aliphatic rings. The summed E-state index contributed by atoms with van der Waals surface area (Å²) in [6.45, 7) is 21.3. The molecule has 0 aromatic heterocycles. The van der Waals surface area contributed by atoms with Gasteiger partial charge in [-0.25, -0.2) is 19.6 Å². The molecule has 9 heterocycles. The van der Waals surface area contributed by atoms with Crippen LogP contribution in [0.3, 0.4) is 0 Å². The third kappa shape index (κ3) is 9.59. The molecule has 0 aromatic carbocycles. The van der Waals surface area contributed by atoms with Crippen molar-refractivity contribution in [2.45, 2.75) is 185 Å². The first-order valence-corrected chi connectivity index (χ1v) is 24.8. The van der Waals surface area contributed by atoms with Crippen LogP contribution in [-0.2, 0) is 65.6 Å². The molecule has 2 spiro atoms. The minimum atomic E-state index is -0.724. The van der Waals surface area contributed by atoms with E-state index in [1.165, 1.54) is 38.5 Å². The molecule has 0 radical (unpaired) electrons. The summed E-state index contributed by atoms with van der Waals surface area (Å²) in [6, 6.07) is 0. The van der Waals surface area contributed by atoms with Crippen LogP contribution >= 0.6 is 0 Å². The van der Waals surface area contributed by atoms with E-state index < -0.39 is 17.7 Å². The normalized spacial score (nSPS) is 45.6. The molecular formula is C49H80AuN4O9+. The maximum atomic E-state index is 6.70. The van der Waals surface area contributed by atoms with Crippen LogP contribution in [0.4, 0.5) is 0 Å². The Labute approximate surface area is 394 Å². The van der Waals surface area contributed by atoms with Gasteiger partial charge in [0.1, 0.15) is 11.2 Å². The first kappa shape index (κ1) is 48.5. The third-order valence-corrected chi connectivity index (χ3v) is 17.1. The molecule has 3 saturated carbocycles. The number of rotatable bonds is 14. The van der Waals surface area contributed by atoms with Gasteiger partial charge in [0.2, 0.25) is 5.79 Å². The smallest absolute Gasteiger partial charge is 0.511 e. The van der Waals surface area contributed by atoms with Gasteiger partial charge in [-0.15, -0.1) is 0 Å². The zero-order chi connectivity index (χ0) is 43.3. The number of hydrogen-bond donors (Lipinski definition) is 0. The van der Waals surface area contributed by atoms with Gasteiger partial charge in [-0.1, -0.05) is 27.7 Å². The second-order valence-electron chi connectivity index (χ2n) is 21.6. The van der Waals surface area contributed by atoms with Crippen molar-refractivity contribution in [2.75, 3.05) is 40.4 Å². The summed E-state index contributed by atoms with van der Waals surface area (Å²) < 4.78 is 32.2. The maximum absolute atomic E-state index is 6.70. The van der Waals surface area contributed by atoms with E-state index in [2.05, 4.69) is 106 Å². The molecule has 360 valence electrons. The van der Waals surface area contributed by atoms with Crippen LogP contribution in [0.15, 0.2) is 24.8 Å². The quantitative estimate of drug-likeness (QED) is 0.0719. The van der Waals surface area contributed by atoms with Gasteiger partial charge in [0.05, 0.1) is 6.10 Å². The minimum absolute atomic E-state index is 0. The van der Waals surface area contributed by atoms with Crippen molar-refractivity contribution in [3.63, 3.8) is 0 Å². The molecule has 16 atom stereocenters. The van der Waals surface area contributed by atoms with Crippen molar-refractivity contribution in [2.24, 2.45) is 47.3 Å². The molecule has 0 aromatic rings. The molecule has 3 aliphatic carbocycles. The number of ether oxygens (including phenoxy) is 5. The molecule has 7 saturated heterocycles. The minimum Gasteiger partial charge on any atom is -0.511 e. The van der Waals surface area contributed by atoms with Gasteiger partial charge in [-0.05, 0) is 173 Å². The second-order valence-corrected chi connectivity index (χ2v) is 21.6. The molecule has 0 N–H and O–H groups in total. The monoisotopic (exact) mass is 1070 g/mol. The summed E-state index contributed by atoms with van der Waals surface area (Å²) >= 11 is 0. The van der Waals surface area contributed by atoms with Gasteiger partial charge in [-0.2, -0.15) is 13.3 Å². The number of nitrogens with zero attached hydrogens (tertiary/aromatic N) is 4. The average molecular weight is 1070 g/mol. The SMILES string of the molecule is C[C@H]1[C@@H](OCCCCCN2C=CN(C)[CH-]2)O[C@@H]2CC3(C)CC[C@H]4[C@H](C)CC[C@@H]1[C@@]24OO3.C[C@H]1[C@@H](OCCCCCN2C=CN(C)[CH-]2)O[C@@H]2OC3(C)CC[C@H]4[C@H](C)CC[C@@H]1[C@@]24OO3.[Au+3]. The van der Waals surface area contributed by atoms with E-state index in [0.717, 1.165) is 84.1 Å². The first-order valence-electron chi connectivity index (χ1n) is 24.8. The summed E-state index contributed by atoms with van der Waals surface area (Å²) in [5.41, 5.74) is -1.00. The summed E-state index contributed by atoms with van der Waals surface area (Å²) in [5.74, 6) is 2.82. The fourth-order valence-corrected chi connectivity index (χ4v) is 13.5. The van der Waals surface area contributed by atoms with Crippen LogP contribution in [0.1, 0.15) is 138 Å². The molecule has 13 nitrogen and oxygen atoms in total. The Morgan fingerprint density at radius 1 is 0.587 bits per heavy atom. The first-order chi connectivity index (χ1) is 29.8. The summed E-state index contributed by atoms with van der Waals surface area (Å²) in [5, 5.41) is 0. The van der Waals surface area contributed by atoms with Crippen molar-refractivity contribution in [1.82, 2.24) is 19.6 Å². The Morgan fingerprint density at radius 2 is 1.13 bits per heavy atom. The van der Waals surface area contributed by atoms with E-state index in [0.29, 0.717) is 41.4 Å². The van der Waals surface area contributed by atoms with E-state index in [1.54, 1.807) is 0 Å². The maximum Gasteiger partial charge on any atom is 3.00 e. The van der Waals surface area contributed by atoms with Gasteiger partial charge in [0.15, 0.2) is 24.5 Å². The summed E-state index contributed by atoms with van der Waals surface area (Å²) in [4.78, 5) is 33.1. The Morgan fingerprint density at radius 3 is 1.71 bits per heavy atom. The molecule has 2 unspecified atom stereocenters. The van der Waals surface area contributed by atoms with Gasteiger partial charge in [-0.3, -0.25) is 0 Å². The molecule has 12 rings (SSSR count). The summed E-state index contributed by atoms with van der Waals surface area (Å²) in [7, 11) is 4.11. The van der Waals surface area contributed by atoms with E-state index in [9.17, 15) is 0 Å². The number of hydrogen-bond acceptors (Lipinski definition) is 13. The fraction of sp³-hybridized carbons (Fsp3) is 0.878. The Kier molecular flexibility index (Phi) is 15.4. The van der Waals surface area contributed by atoms with Crippen molar-refractivity contribution in [1.29, 1.82) is 0 Å². The Bertz CT molecular complexity index is 1470. The topological polar surface area (TPSA) is 96.0 Å². The van der Waals surface area contributed by atoms with Crippen LogP contribution in [-0.4, -0.2) is 108 Å². The van der Waals surface area contributed by atoms with Crippen molar-refractivity contribution in [3.8, 4) is 0 Å². The fourth-order valence-electron chi connectivity index (χ4n) is 13.5. The molecule has 0 amide bonds. The predicted molar refractivity (Wildman–Crippen MR) is 233 cm³/mol. The standard InChI is InChI=1S/C25H41N2O4.C24H39N2O5.Au/c1-18-8-9-21-19(2)23(28-15-7-5-6-12-27-14-13-26(4)17-27)29-22-16-24(3)11-10-20(18)25(21,22)31-30-24;1-17-8-9-20-18(2)21(27-15-7-5-6-12-26-14-13-25(4)16-26)28-22-24(20)19(17)10-11-23(3,29-22)30-31-24;/h13-14,17-23H,5-12,15-16H2,1-4H3;13-14,16-22H,5-12,15H2,1-4H3;/q2*-1;+3/t18-,19-,20+,21+,22-,23+,24?,25-;17-,18-,19+,20+,21+,22-,23?,24-;/m11./s1. The molecule has 14 heteroatoms. The number of unbranched alkanes of at least 4 members (excludes halogenated alkanes) is 4.